The zero-order chi connectivity index (χ0) is 19.9. The second-order valence-electron chi connectivity index (χ2n) is 6.16. The van der Waals surface area contributed by atoms with Gasteiger partial charge in [-0.25, -0.2) is 9.97 Å². The molecule has 0 unspecified atom stereocenters. The summed E-state index contributed by atoms with van der Waals surface area (Å²) in [4.78, 5) is 24.9. The Bertz CT molecular complexity index is 1000. The number of nitrogens with zero attached hydrogens (tertiary/aromatic N) is 3. The lowest BCUT2D eigenvalue weighted by atomic mass is 10.1. The summed E-state index contributed by atoms with van der Waals surface area (Å²) in [6.07, 6.45) is 5.07. The predicted molar refractivity (Wildman–Crippen MR) is 112 cm³/mol. The second-order valence-corrected chi connectivity index (χ2v) is 6.16. The van der Waals surface area contributed by atoms with Crippen molar-refractivity contribution in [2.75, 3.05) is 23.0 Å². The molecular formula is C21H22N6O. The number of benzene rings is 1. The van der Waals surface area contributed by atoms with Crippen molar-refractivity contribution in [1.82, 2.24) is 15.0 Å². The number of hydrogen-bond acceptors (Lipinski definition) is 7. The first-order chi connectivity index (χ1) is 13.6. The molecule has 7 nitrogen and oxygen atoms in total. The number of rotatable bonds is 8. The summed E-state index contributed by atoms with van der Waals surface area (Å²) in [5.74, 6) is 1.84. The number of nitrogens with one attached hydrogen (secondary N) is 3. The maximum Gasteiger partial charge on any atom is 0.229 e. The maximum absolute atomic E-state index is 11.8. The van der Waals surface area contributed by atoms with E-state index in [1.54, 1.807) is 12.4 Å². The minimum absolute atomic E-state index is 0.0333. The predicted octanol–water partition coefficient (Wildman–Crippen LogP) is 4.01. The number of allylic oxidation sites excluding steroid dienone is 1. The Morgan fingerprint density at radius 2 is 2.00 bits per heavy atom. The fourth-order valence-corrected chi connectivity index (χ4v) is 2.59. The first kappa shape index (κ1) is 19.0. The number of anilines is 5. The zero-order valence-electron chi connectivity index (χ0n) is 15.9. The van der Waals surface area contributed by atoms with Crippen molar-refractivity contribution in [1.29, 1.82) is 0 Å². The van der Waals surface area contributed by atoms with Gasteiger partial charge in [-0.2, -0.15) is 4.98 Å². The Morgan fingerprint density at radius 1 is 1.18 bits per heavy atom. The highest BCUT2D eigenvalue weighted by molar-refractivity contribution is 5.92. The fourth-order valence-electron chi connectivity index (χ4n) is 2.59. The molecular weight excluding hydrogens is 352 g/mol. The lowest BCUT2D eigenvalue weighted by molar-refractivity contribution is -0.114. The van der Waals surface area contributed by atoms with Gasteiger partial charge in [-0.05, 0) is 30.7 Å². The largest absolute Gasteiger partial charge is 0.373 e. The molecule has 0 amide bonds. The molecule has 1 aromatic carbocycles. The van der Waals surface area contributed by atoms with Crippen LogP contribution in [0.25, 0.3) is 0 Å². The molecule has 0 saturated carbocycles. The molecule has 142 valence electrons. The first-order valence-corrected chi connectivity index (χ1v) is 8.83. The van der Waals surface area contributed by atoms with Crippen molar-refractivity contribution >= 4 is 34.7 Å². The van der Waals surface area contributed by atoms with Gasteiger partial charge < -0.3 is 16.0 Å². The molecule has 3 rings (SSSR count). The Kier molecular flexibility index (Phi) is 5.96. The van der Waals surface area contributed by atoms with Crippen molar-refractivity contribution in [2.24, 2.45) is 0 Å². The average Bonchev–Trinajstić information content (AvgIpc) is 2.72. The monoisotopic (exact) mass is 374 g/mol. The topological polar surface area (TPSA) is 91.8 Å². The standard InChI is InChI=1S/C21H22N6O/c1-4-17(28)11-15-7-5-6-8-18(15)26-20-14(2)13-24-21(27-20)25-16-9-10-23-19(12-16)22-3/h4-10,12-13H,1,11H2,2-3H3,(H3,22,23,24,25,26,27). The average molecular weight is 374 g/mol. The van der Waals surface area contributed by atoms with Gasteiger partial charge >= 0.3 is 0 Å². The van der Waals surface area contributed by atoms with Crippen molar-refractivity contribution in [3.05, 3.63) is 72.6 Å². The van der Waals surface area contributed by atoms with E-state index in [2.05, 4.69) is 37.5 Å². The lowest BCUT2D eigenvalue weighted by Crippen LogP contribution is -2.06. The van der Waals surface area contributed by atoms with Crippen LogP contribution in [0.2, 0.25) is 0 Å². The number of para-hydroxylation sites is 1. The van der Waals surface area contributed by atoms with Crippen LogP contribution in [0.3, 0.4) is 0 Å². The Hall–Kier alpha value is -3.74. The number of pyridine rings is 1. The van der Waals surface area contributed by atoms with Gasteiger partial charge in [0.2, 0.25) is 5.95 Å². The van der Waals surface area contributed by atoms with E-state index < -0.39 is 0 Å². The van der Waals surface area contributed by atoms with Crippen molar-refractivity contribution in [3.63, 3.8) is 0 Å². The highest BCUT2D eigenvalue weighted by Gasteiger charge is 2.09. The number of ketones is 1. The van der Waals surface area contributed by atoms with Gasteiger partial charge in [-0.15, -0.1) is 0 Å². The van der Waals surface area contributed by atoms with E-state index >= 15 is 0 Å². The Morgan fingerprint density at radius 3 is 2.79 bits per heavy atom. The van der Waals surface area contributed by atoms with E-state index in [0.717, 1.165) is 28.3 Å². The number of hydrogen-bond donors (Lipinski definition) is 3. The van der Waals surface area contributed by atoms with Crippen LogP contribution in [0.15, 0.2) is 61.4 Å². The van der Waals surface area contributed by atoms with Gasteiger partial charge in [0, 0.05) is 48.9 Å². The molecule has 2 aromatic heterocycles. The molecule has 0 spiro atoms. The van der Waals surface area contributed by atoms with Gasteiger partial charge in [-0.1, -0.05) is 24.8 Å². The second kappa shape index (κ2) is 8.77. The maximum atomic E-state index is 11.8. The SMILES string of the molecule is C=CC(=O)Cc1ccccc1Nc1nc(Nc2ccnc(NC)c2)ncc1C. The molecule has 0 saturated heterocycles. The minimum Gasteiger partial charge on any atom is -0.373 e. The fraction of sp³-hybridized carbons (Fsp3) is 0.143. The smallest absolute Gasteiger partial charge is 0.229 e. The molecule has 2 heterocycles. The summed E-state index contributed by atoms with van der Waals surface area (Å²) in [5.41, 5.74) is 3.42. The summed E-state index contributed by atoms with van der Waals surface area (Å²) >= 11 is 0. The van der Waals surface area contributed by atoms with Crippen molar-refractivity contribution in [2.45, 2.75) is 13.3 Å². The van der Waals surface area contributed by atoms with E-state index in [0.29, 0.717) is 11.8 Å². The van der Waals surface area contributed by atoms with Crippen LogP contribution in [0.1, 0.15) is 11.1 Å². The molecule has 0 atom stereocenters. The van der Waals surface area contributed by atoms with E-state index in [1.807, 2.05) is 50.4 Å². The summed E-state index contributed by atoms with van der Waals surface area (Å²) in [7, 11) is 1.81. The summed E-state index contributed by atoms with van der Waals surface area (Å²) in [6, 6.07) is 11.4. The lowest BCUT2D eigenvalue weighted by Gasteiger charge is -2.14. The van der Waals surface area contributed by atoms with Crippen LogP contribution >= 0.6 is 0 Å². The molecule has 7 heteroatoms. The van der Waals surface area contributed by atoms with Crippen molar-refractivity contribution < 1.29 is 4.79 Å². The van der Waals surface area contributed by atoms with E-state index in [4.69, 9.17) is 0 Å². The van der Waals surface area contributed by atoms with E-state index in [9.17, 15) is 4.79 Å². The molecule has 0 radical (unpaired) electrons. The van der Waals surface area contributed by atoms with Gasteiger partial charge in [0.15, 0.2) is 5.78 Å². The van der Waals surface area contributed by atoms with Gasteiger partial charge in [0.05, 0.1) is 0 Å². The molecule has 3 N–H and O–H groups in total. The highest BCUT2D eigenvalue weighted by Crippen LogP contribution is 2.24. The zero-order valence-corrected chi connectivity index (χ0v) is 15.9. The highest BCUT2D eigenvalue weighted by atomic mass is 16.1. The molecule has 0 fully saturated rings. The van der Waals surface area contributed by atoms with Crippen LogP contribution < -0.4 is 16.0 Å². The Labute approximate surface area is 164 Å². The minimum atomic E-state index is -0.0333. The molecule has 0 bridgehead atoms. The number of aromatic nitrogens is 3. The summed E-state index contributed by atoms with van der Waals surface area (Å²) < 4.78 is 0. The third-order valence-corrected chi connectivity index (χ3v) is 4.11. The van der Waals surface area contributed by atoms with Gasteiger partial charge in [-0.3, -0.25) is 4.79 Å². The summed E-state index contributed by atoms with van der Waals surface area (Å²) in [5, 5.41) is 9.49. The van der Waals surface area contributed by atoms with Crippen LogP contribution in [-0.2, 0) is 11.2 Å². The molecule has 0 aliphatic heterocycles. The first-order valence-electron chi connectivity index (χ1n) is 8.83. The quantitative estimate of drug-likeness (QED) is 0.513. The number of carbonyl (C=O) groups is 1. The van der Waals surface area contributed by atoms with Crippen LogP contribution in [0.5, 0.6) is 0 Å². The Balaban J connectivity index is 1.84. The normalized spacial score (nSPS) is 10.2. The van der Waals surface area contributed by atoms with Gasteiger partial charge in [0.25, 0.3) is 0 Å². The van der Waals surface area contributed by atoms with E-state index in [-0.39, 0.29) is 12.2 Å². The summed E-state index contributed by atoms with van der Waals surface area (Å²) in [6.45, 7) is 5.47. The molecule has 0 aliphatic rings. The molecule has 28 heavy (non-hydrogen) atoms. The number of carbonyl (C=O) groups excluding carboxylic acids is 1. The van der Waals surface area contributed by atoms with Crippen LogP contribution in [0.4, 0.5) is 29.0 Å². The third-order valence-electron chi connectivity index (χ3n) is 4.11. The molecule has 0 aliphatic carbocycles. The van der Waals surface area contributed by atoms with Crippen LogP contribution in [0, 0.1) is 6.92 Å². The van der Waals surface area contributed by atoms with E-state index in [1.165, 1.54) is 6.08 Å². The van der Waals surface area contributed by atoms with Gasteiger partial charge in [0.1, 0.15) is 11.6 Å². The molecule has 3 aromatic rings. The van der Waals surface area contributed by atoms with Crippen LogP contribution in [-0.4, -0.2) is 27.8 Å². The third kappa shape index (κ3) is 4.70. The number of aryl methyl sites for hydroxylation is 1. The van der Waals surface area contributed by atoms with Crippen molar-refractivity contribution in [3.8, 4) is 0 Å².